The molecule has 2 aromatic carbocycles. The van der Waals surface area contributed by atoms with E-state index in [1.807, 2.05) is 18.2 Å². The van der Waals surface area contributed by atoms with Gasteiger partial charge in [-0.25, -0.2) is 4.79 Å². The van der Waals surface area contributed by atoms with Crippen molar-refractivity contribution in [3.05, 3.63) is 62.7 Å². The van der Waals surface area contributed by atoms with Crippen molar-refractivity contribution in [3.63, 3.8) is 0 Å². The van der Waals surface area contributed by atoms with E-state index in [0.29, 0.717) is 26.9 Å². The fourth-order valence-electron chi connectivity index (χ4n) is 2.28. The molecule has 1 amide bonds. The summed E-state index contributed by atoms with van der Waals surface area (Å²) in [7, 11) is 1.62. The van der Waals surface area contributed by atoms with Crippen LogP contribution < -0.4 is 4.90 Å². The summed E-state index contributed by atoms with van der Waals surface area (Å²) < 4.78 is 11.7. The van der Waals surface area contributed by atoms with Gasteiger partial charge in [0.25, 0.3) is 0 Å². The van der Waals surface area contributed by atoms with Gasteiger partial charge in [0.2, 0.25) is 0 Å². The number of nitrogens with zero attached hydrogens (tertiary/aromatic N) is 1. The van der Waals surface area contributed by atoms with Crippen molar-refractivity contribution in [2.75, 3.05) is 11.9 Å². The molecule has 0 aliphatic carbocycles. The molecule has 0 saturated heterocycles. The van der Waals surface area contributed by atoms with Gasteiger partial charge in [0.1, 0.15) is 18.5 Å². The van der Waals surface area contributed by atoms with Gasteiger partial charge < -0.3 is 9.15 Å². The Morgan fingerprint density at radius 2 is 1.92 bits per heavy atom. The zero-order valence-corrected chi connectivity index (χ0v) is 15.7. The van der Waals surface area contributed by atoms with Crippen LogP contribution >= 0.6 is 39.1 Å². The average molecular weight is 429 g/mol. The molecule has 0 atom stereocenters. The highest BCUT2D eigenvalue weighted by atomic mass is 79.9. The number of amides is 1. The second kappa shape index (κ2) is 7.05. The number of benzene rings is 2. The van der Waals surface area contributed by atoms with E-state index in [1.165, 1.54) is 11.2 Å². The van der Waals surface area contributed by atoms with Crippen molar-refractivity contribution in [2.24, 2.45) is 0 Å². The van der Waals surface area contributed by atoms with E-state index in [9.17, 15) is 4.79 Å². The van der Waals surface area contributed by atoms with Crippen LogP contribution in [0.4, 0.5) is 10.5 Å². The van der Waals surface area contributed by atoms with Crippen molar-refractivity contribution in [1.29, 1.82) is 0 Å². The van der Waals surface area contributed by atoms with Crippen LogP contribution in [0.25, 0.3) is 11.0 Å². The summed E-state index contributed by atoms with van der Waals surface area (Å²) in [6, 6.07) is 10.6. The number of halogens is 3. The number of fused-ring (bicyclic) bond motifs is 1. The molecule has 7 heteroatoms. The molecular formula is C17H12BrCl2NO3. The Hall–Kier alpha value is -1.69. The zero-order valence-electron chi connectivity index (χ0n) is 12.6. The van der Waals surface area contributed by atoms with Crippen LogP contribution in [0.1, 0.15) is 5.56 Å². The Kier molecular flexibility index (Phi) is 5.04. The molecule has 0 N–H and O–H groups in total. The van der Waals surface area contributed by atoms with E-state index in [0.717, 1.165) is 9.86 Å². The van der Waals surface area contributed by atoms with Crippen LogP contribution in [0.5, 0.6) is 0 Å². The van der Waals surface area contributed by atoms with Crippen LogP contribution in [0.3, 0.4) is 0 Å². The molecular weight excluding hydrogens is 417 g/mol. The molecule has 24 heavy (non-hydrogen) atoms. The van der Waals surface area contributed by atoms with Crippen molar-refractivity contribution in [2.45, 2.75) is 6.61 Å². The predicted molar refractivity (Wildman–Crippen MR) is 99.0 cm³/mol. The van der Waals surface area contributed by atoms with Gasteiger partial charge in [-0.2, -0.15) is 0 Å². The van der Waals surface area contributed by atoms with Crippen molar-refractivity contribution in [1.82, 2.24) is 0 Å². The van der Waals surface area contributed by atoms with Gasteiger partial charge in [0.15, 0.2) is 0 Å². The highest BCUT2D eigenvalue weighted by Crippen LogP contribution is 2.31. The normalized spacial score (nSPS) is 10.8. The zero-order chi connectivity index (χ0) is 17.3. The van der Waals surface area contributed by atoms with E-state index in [-0.39, 0.29) is 6.61 Å². The summed E-state index contributed by atoms with van der Waals surface area (Å²) in [4.78, 5) is 13.7. The maximum Gasteiger partial charge on any atom is 0.414 e. The second-order valence-corrected chi connectivity index (χ2v) is 6.94. The van der Waals surface area contributed by atoms with Crippen molar-refractivity contribution >= 4 is 61.9 Å². The fraction of sp³-hybridized carbons (Fsp3) is 0.118. The molecule has 0 aliphatic rings. The Labute approximate surface area is 157 Å². The third kappa shape index (κ3) is 3.69. The molecule has 0 unspecified atom stereocenters. The van der Waals surface area contributed by atoms with Crippen molar-refractivity contribution in [3.8, 4) is 0 Å². The highest BCUT2D eigenvalue weighted by molar-refractivity contribution is 9.10. The first kappa shape index (κ1) is 17.1. The molecule has 0 spiro atoms. The predicted octanol–water partition coefficient (Wildman–Crippen LogP) is 6.28. The van der Waals surface area contributed by atoms with Crippen LogP contribution in [0.15, 0.2) is 51.6 Å². The molecule has 0 saturated carbocycles. The standard InChI is InChI=1S/C17H12BrCl2NO3/c1-21(15-9-23-16-3-2-11(18)6-14(15)16)17(22)24-8-10-4-12(19)7-13(20)5-10/h2-7,9H,8H2,1H3. The van der Waals surface area contributed by atoms with E-state index in [2.05, 4.69) is 15.9 Å². The summed E-state index contributed by atoms with van der Waals surface area (Å²) in [5.74, 6) is 0. The van der Waals surface area contributed by atoms with Gasteiger partial charge >= 0.3 is 6.09 Å². The van der Waals surface area contributed by atoms with Crippen LogP contribution in [0.2, 0.25) is 10.0 Å². The number of carbonyl (C=O) groups is 1. The third-order valence-corrected chi connectivity index (χ3v) is 4.36. The lowest BCUT2D eigenvalue weighted by atomic mass is 10.2. The lowest BCUT2D eigenvalue weighted by Crippen LogP contribution is -2.26. The molecule has 0 aliphatic heterocycles. The maximum absolute atomic E-state index is 12.3. The van der Waals surface area contributed by atoms with Crippen LogP contribution in [-0.2, 0) is 11.3 Å². The number of hydrogen-bond donors (Lipinski definition) is 0. The Morgan fingerprint density at radius 1 is 1.21 bits per heavy atom. The summed E-state index contributed by atoms with van der Waals surface area (Å²) in [5, 5.41) is 1.80. The second-order valence-electron chi connectivity index (χ2n) is 5.15. The maximum atomic E-state index is 12.3. The monoisotopic (exact) mass is 427 g/mol. The van der Waals surface area contributed by atoms with Crippen LogP contribution in [-0.4, -0.2) is 13.1 Å². The topological polar surface area (TPSA) is 42.7 Å². The highest BCUT2D eigenvalue weighted by Gasteiger charge is 2.18. The summed E-state index contributed by atoms with van der Waals surface area (Å²) in [5.41, 5.74) is 2.03. The molecule has 0 radical (unpaired) electrons. The Balaban J connectivity index is 1.75. The average Bonchev–Trinajstić information content (AvgIpc) is 2.94. The number of anilines is 1. The molecule has 1 aromatic heterocycles. The minimum Gasteiger partial charge on any atom is -0.462 e. The van der Waals surface area contributed by atoms with Gasteiger partial charge in [-0.3, -0.25) is 4.90 Å². The largest absolute Gasteiger partial charge is 0.462 e. The number of ether oxygens (including phenoxy) is 1. The van der Waals surface area contributed by atoms with E-state index in [1.54, 1.807) is 25.2 Å². The van der Waals surface area contributed by atoms with Gasteiger partial charge in [-0.15, -0.1) is 0 Å². The molecule has 4 nitrogen and oxygen atoms in total. The third-order valence-electron chi connectivity index (χ3n) is 3.43. The van der Waals surface area contributed by atoms with E-state index in [4.69, 9.17) is 32.4 Å². The minimum absolute atomic E-state index is 0.0724. The molecule has 124 valence electrons. The number of furan rings is 1. The fourth-order valence-corrected chi connectivity index (χ4v) is 3.21. The van der Waals surface area contributed by atoms with Gasteiger partial charge in [0.05, 0.1) is 5.69 Å². The molecule has 3 rings (SSSR count). The first-order chi connectivity index (χ1) is 11.4. The van der Waals surface area contributed by atoms with E-state index >= 15 is 0 Å². The Morgan fingerprint density at radius 3 is 2.62 bits per heavy atom. The number of carbonyl (C=O) groups excluding carboxylic acids is 1. The van der Waals surface area contributed by atoms with E-state index < -0.39 is 6.09 Å². The molecule has 1 heterocycles. The summed E-state index contributed by atoms with van der Waals surface area (Å²) in [6.45, 7) is 0.0724. The van der Waals surface area contributed by atoms with Gasteiger partial charge in [-0.05, 0) is 42.0 Å². The minimum atomic E-state index is -0.506. The lowest BCUT2D eigenvalue weighted by Gasteiger charge is -2.16. The smallest absolute Gasteiger partial charge is 0.414 e. The Bertz CT molecular complexity index is 890. The molecule has 0 bridgehead atoms. The lowest BCUT2D eigenvalue weighted by molar-refractivity contribution is 0.148. The first-order valence-corrected chi connectivity index (χ1v) is 8.51. The first-order valence-electron chi connectivity index (χ1n) is 6.96. The molecule has 0 fully saturated rings. The molecule has 3 aromatic rings. The number of rotatable bonds is 3. The quantitative estimate of drug-likeness (QED) is 0.493. The number of hydrogen-bond acceptors (Lipinski definition) is 3. The van der Waals surface area contributed by atoms with Gasteiger partial charge in [-0.1, -0.05) is 39.1 Å². The van der Waals surface area contributed by atoms with Crippen molar-refractivity contribution < 1.29 is 13.9 Å². The summed E-state index contributed by atoms with van der Waals surface area (Å²) >= 11 is 15.3. The summed E-state index contributed by atoms with van der Waals surface area (Å²) in [6.07, 6.45) is 1.02. The van der Waals surface area contributed by atoms with Gasteiger partial charge in [0, 0.05) is 27.0 Å². The van der Waals surface area contributed by atoms with Crippen LogP contribution in [0, 0.1) is 0 Å². The SMILES string of the molecule is CN(C(=O)OCc1cc(Cl)cc(Cl)c1)c1coc2ccc(Br)cc12.